The van der Waals surface area contributed by atoms with Crippen molar-refractivity contribution in [2.24, 2.45) is 0 Å². The van der Waals surface area contributed by atoms with E-state index in [1.165, 1.54) is 5.56 Å². The Morgan fingerprint density at radius 1 is 1.20 bits per heavy atom. The van der Waals surface area contributed by atoms with Crippen LogP contribution in [0.25, 0.3) is 0 Å². The zero-order chi connectivity index (χ0) is 15.4. The van der Waals surface area contributed by atoms with Gasteiger partial charge in [-0.3, -0.25) is 0 Å². The summed E-state index contributed by atoms with van der Waals surface area (Å²) >= 11 is 0. The van der Waals surface area contributed by atoms with Crippen LogP contribution in [0.15, 0.2) is 24.8 Å². The molecule has 0 saturated heterocycles. The molecule has 0 radical (unpaired) electrons. The van der Waals surface area contributed by atoms with E-state index in [-0.39, 0.29) is 11.0 Å². The molecule has 0 saturated carbocycles. The van der Waals surface area contributed by atoms with Crippen LogP contribution in [0.4, 0.5) is 0 Å². The van der Waals surface area contributed by atoms with Crippen LogP contribution in [0, 0.1) is 0 Å². The summed E-state index contributed by atoms with van der Waals surface area (Å²) in [6, 6.07) is 4.15. The Kier molecular flexibility index (Phi) is 5.35. The van der Waals surface area contributed by atoms with Crippen molar-refractivity contribution in [1.29, 1.82) is 0 Å². The van der Waals surface area contributed by atoms with Gasteiger partial charge in [0.1, 0.15) is 6.61 Å². The van der Waals surface area contributed by atoms with Gasteiger partial charge in [-0.1, -0.05) is 33.4 Å². The van der Waals surface area contributed by atoms with Gasteiger partial charge in [-0.15, -0.1) is 0 Å². The molecule has 20 heavy (non-hydrogen) atoms. The molecule has 0 amide bonds. The summed E-state index contributed by atoms with van der Waals surface area (Å²) in [6.45, 7) is 17.9. The average molecular weight is 276 g/mol. The number of aromatic nitrogens is 1. The van der Waals surface area contributed by atoms with E-state index in [0.717, 1.165) is 12.2 Å². The first-order chi connectivity index (χ1) is 9.12. The summed E-state index contributed by atoms with van der Waals surface area (Å²) in [5.41, 5.74) is 2.33. The SMILES string of the molecule is C=CCOc1cc(CNC(C)(C)C)cc(C(C)(C)C)n1. The van der Waals surface area contributed by atoms with Crippen LogP contribution in [0.2, 0.25) is 0 Å². The zero-order valence-corrected chi connectivity index (χ0v) is 13.7. The summed E-state index contributed by atoms with van der Waals surface area (Å²) in [5.74, 6) is 0.669. The number of ether oxygens (including phenoxy) is 1. The maximum Gasteiger partial charge on any atom is 0.214 e. The highest BCUT2D eigenvalue weighted by Crippen LogP contribution is 2.24. The number of nitrogens with zero attached hydrogens (tertiary/aromatic N) is 1. The Balaban J connectivity index is 3.00. The van der Waals surface area contributed by atoms with E-state index in [1.807, 2.05) is 6.07 Å². The molecule has 0 aliphatic rings. The second-order valence-corrected chi connectivity index (χ2v) is 7.15. The molecule has 0 aliphatic carbocycles. The first-order valence-corrected chi connectivity index (χ1v) is 7.12. The second kappa shape index (κ2) is 6.40. The second-order valence-electron chi connectivity index (χ2n) is 7.15. The van der Waals surface area contributed by atoms with Crippen molar-refractivity contribution in [1.82, 2.24) is 10.3 Å². The Bertz CT molecular complexity index is 453. The van der Waals surface area contributed by atoms with Gasteiger partial charge in [0.15, 0.2) is 0 Å². The van der Waals surface area contributed by atoms with Crippen LogP contribution in [0.3, 0.4) is 0 Å². The lowest BCUT2D eigenvalue weighted by atomic mass is 9.90. The molecule has 0 spiro atoms. The molecule has 0 aromatic carbocycles. The quantitative estimate of drug-likeness (QED) is 0.830. The Hall–Kier alpha value is -1.35. The third-order valence-corrected chi connectivity index (χ3v) is 2.80. The van der Waals surface area contributed by atoms with Gasteiger partial charge < -0.3 is 10.1 Å². The topological polar surface area (TPSA) is 34.1 Å². The molecular formula is C17H28N2O. The first-order valence-electron chi connectivity index (χ1n) is 7.12. The first kappa shape index (κ1) is 16.7. The Labute approximate surface area is 123 Å². The van der Waals surface area contributed by atoms with Crippen molar-refractivity contribution < 1.29 is 4.74 Å². The zero-order valence-electron chi connectivity index (χ0n) is 13.7. The largest absolute Gasteiger partial charge is 0.473 e. The van der Waals surface area contributed by atoms with E-state index in [2.05, 4.69) is 64.5 Å². The van der Waals surface area contributed by atoms with E-state index in [9.17, 15) is 0 Å². The average Bonchev–Trinajstić information content (AvgIpc) is 2.32. The summed E-state index contributed by atoms with van der Waals surface area (Å²) in [6.07, 6.45) is 1.73. The molecule has 0 unspecified atom stereocenters. The smallest absolute Gasteiger partial charge is 0.214 e. The van der Waals surface area contributed by atoms with Gasteiger partial charge in [-0.05, 0) is 32.4 Å². The van der Waals surface area contributed by atoms with E-state index in [4.69, 9.17) is 4.74 Å². The standard InChI is InChI=1S/C17H28N2O/c1-8-9-20-15-11-13(12-18-17(5,6)7)10-14(19-15)16(2,3)4/h8,10-11,18H,1,9,12H2,2-7H3. The fraction of sp³-hybridized carbons (Fsp3) is 0.588. The van der Waals surface area contributed by atoms with Gasteiger partial charge in [0.05, 0.1) is 5.69 Å². The summed E-state index contributed by atoms with van der Waals surface area (Å²) in [4.78, 5) is 4.59. The summed E-state index contributed by atoms with van der Waals surface area (Å²) < 4.78 is 5.61. The van der Waals surface area contributed by atoms with Crippen molar-refractivity contribution in [2.45, 2.75) is 59.0 Å². The molecular weight excluding hydrogens is 248 g/mol. The monoisotopic (exact) mass is 276 g/mol. The van der Waals surface area contributed by atoms with Crippen LogP contribution in [-0.2, 0) is 12.0 Å². The molecule has 1 aromatic rings. The van der Waals surface area contributed by atoms with Gasteiger partial charge >= 0.3 is 0 Å². The van der Waals surface area contributed by atoms with Crippen molar-refractivity contribution in [3.8, 4) is 5.88 Å². The van der Waals surface area contributed by atoms with Crippen molar-refractivity contribution in [3.05, 3.63) is 36.0 Å². The number of hydrogen-bond donors (Lipinski definition) is 1. The number of nitrogens with one attached hydrogen (secondary N) is 1. The minimum atomic E-state index is 0.00400. The minimum absolute atomic E-state index is 0.00400. The fourth-order valence-electron chi connectivity index (χ4n) is 1.63. The van der Waals surface area contributed by atoms with E-state index >= 15 is 0 Å². The third-order valence-electron chi connectivity index (χ3n) is 2.80. The van der Waals surface area contributed by atoms with Gasteiger partial charge in [0.25, 0.3) is 0 Å². The van der Waals surface area contributed by atoms with Crippen molar-refractivity contribution in [3.63, 3.8) is 0 Å². The highest BCUT2D eigenvalue weighted by atomic mass is 16.5. The third kappa shape index (κ3) is 5.74. The molecule has 0 bridgehead atoms. The maximum absolute atomic E-state index is 5.61. The maximum atomic E-state index is 5.61. The van der Waals surface area contributed by atoms with Gasteiger partial charge in [-0.25, -0.2) is 4.98 Å². The van der Waals surface area contributed by atoms with Gasteiger partial charge in [0, 0.05) is 23.6 Å². The van der Waals surface area contributed by atoms with Crippen LogP contribution in [0.5, 0.6) is 5.88 Å². The number of rotatable bonds is 5. The number of hydrogen-bond acceptors (Lipinski definition) is 3. The molecule has 0 atom stereocenters. The van der Waals surface area contributed by atoms with Crippen molar-refractivity contribution in [2.75, 3.05) is 6.61 Å². The van der Waals surface area contributed by atoms with Gasteiger partial charge in [-0.2, -0.15) is 0 Å². The lowest BCUT2D eigenvalue weighted by molar-refractivity contribution is 0.343. The molecule has 1 aromatic heterocycles. The van der Waals surface area contributed by atoms with E-state index in [1.54, 1.807) is 6.08 Å². The molecule has 1 heterocycles. The molecule has 0 fully saturated rings. The molecule has 112 valence electrons. The predicted molar refractivity (Wildman–Crippen MR) is 85.2 cm³/mol. The minimum Gasteiger partial charge on any atom is -0.473 e. The molecule has 1 N–H and O–H groups in total. The van der Waals surface area contributed by atoms with Crippen LogP contribution >= 0.6 is 0 Å². The summed E-state index contributed by atoms with van der Waals surface area (Å²) in [5, 5.41) is 3.50. The Morgan fingerprint density at radius 3 is 2.35 bits per heavy atom. The Morgan fingerprint density at radius 2 is 1.85 bits per heavy atom. The van der Waals surface area contributed by atoms with Gasteiger partial charge in [0.2, 0.25) is 5.88 Å². The summed E-state index contributed by atoms with van der Waals surface area (Å²) in [7, 11) is 0. The lowest BCUT2D eigenvalue weighted by Crippen LogP contribution is -2.35. The van der Waals surface area contributed by atoms with Crippen LogP contribution < -0.4 is 10.1 Å². The van der Waals surface area contributed by atoms with Crippen molar-refractivity contribution >= 4 is 0 Å². The molecule has 3 heteroatoms. The lowest BCUT2D eigenvalue weighted by Gasteiger charge is -2.23. The highest BCUT2D eigenvalue weighted by molar-refractivity contribution is 5.28. The van der Waals surface area contributed by atoms with Crippen LogP contribution in [0.1, 0.15) is 52.8 Å². The predicted octanol–water partition coefficient (Wildman–Crippen LogP) is 3.83. The molecule has 1 rings (SSSR count). The fourth-order valence-corrected chi connectivity index (χ4v) is 1.63. The van der Waals surface area contributed by atoms with E-state index in [0.29, 0.717) is 12.5 Å². The number of pyridine rings is 1. The van der Waals surface area contributed by atoms with E-state index < -0.39 is 0 Å². The molecule has 3 nitrogen and oxygen atoms in total. The highest BCUT2D eigenvalue weighted by Gasteiger charge is 2.18. The molecule has 0 aliphatic heterocycles. The normalized spacial score (nSPS) is 12.3. The van der Waals surface area contributed by atoms with Crippen LogP contribution in [-0.4, -0.2) is 17.1 Å².